The summed E-state index contributed by atoms with van der Waals surface area (Å²) in [6.45, 7) is 1.78. The third-order valence-corrected chi connectivity index (χ3v) is 4.73. The van der Waals surface area contributed by atoms with Gasteiger partial charge in [0.15, 0.2) is 11.5 Å². The zero-order valence-electron chi connectivity index (χ0n) is 15.9. The normalized spacial score (nSPS) is 10.4. The fourth-order valence-electron chi connectivity index (χ4n) is 2.55. The summed E-state index contributed by atoms with van der Waals surface area (Å²) in [5.41, 5.74) is 1.07. The smallest absolute Gasteiger partial charge is 0.354 e. The number of nitrogens with one attached hydrogen (secondary N) is 1. The standard InChI is InChI=1S/C21H16Cl2N2O5/c1-11-7-18(30-17-6-3-12(22)8-19(17)29-2)14(9-15(11)23)20(26)25-13-4-5-16(21(27)28)24-10-13/h3-10H,1-2H3,(H,25,26)(H,27,28). The van der Waals surface area contributed by atoms with Crippen molar-refractivity contribution in [3.05, 3.63) is 75.5 Å². The van der Waals surface area contributed by atoms with Gasteiger partial charge in [-0.15, -0.1) is 0 Å². The van der Waals surface area contributed by atoms with Crippen molar-refractivity contribution in [1.29, 1.82) is 0 Å². The average Bonchev–Trinajstić information content (AvgIpc) is 2.72. The number of amides is 1. The first kappa shape index (κ1) is 21.4. The molecule has 0 spiro atoms. The van der Waals surface area contributed by atoms with Crippen molar-refractivity contribution in [1.82, 2.24) is 4.98 Å². The monoisotopic (exact) mass is 446 g/mol. The topological polar surface area (TPSA) is 97.8 Å². The third-order valence-electron chi connectivity index (χ3n) is 4.09. The van der Waals surface area contributed by atoms with Crippen molar-refractivity contribution in [3.8, 4) is 17.2 Å². The molecule has 3 aromatic rings. The summed E-state index contributed by atoms with van der Waals surface area (Å²) in [7, 11) is 1.48. The van der Waals surface area contributed by atoms with Gasteiger partial charge >= 0.3 is 5.97 Å². The van der Waals surface area contributed by atoms with E-state index in [1.54, 1.807) is 31.2 Å². The van der Waals surface area contributed by atoms with E-state index < -0.39 is 11.9 Å². The number of hydrogen-bond donors (Lipinski definition) is 2. The van der Waals surface area contributed by atoms with E-state index in [4.69, 9.17) is 37.8 Å². The van der Waals surface area contributed by atoms with Gasteiger partial charge < -0.3 is 19.9 Å². The summed E-state index contributed by atoms with van der Waals surface area (Å²) < 4.78 is 11.2. The fourth-order valence-corrected chi connectivity index (χ4v) is 2.88. The van der Waals surface area contributed by atoms with Crippen molar-refractivity contribution in [2.24, 2.45) is 0 Å². The highest BCUT2D eigenvalue weighted by Crippen LogP contribution is 2.37. The van der Waals surface area contributed by atoms with Crippen molar-refractivity contribution >= 4 is 40.8 Å². The van der Waals surface area contributed by atoms with Gasteiger partial charge in [-0.2, -0.15) is 0 Å². The lowest BCUT2D eigenvalue weighted by Gasteiger charge is -2.15. The van der Waals surface area contributed by atoms with E-state index in [1.165, 1.54) is 31.5 Å². The Bertz CT molecular complexity index is 1120. The minimum atomic E-state index is -1.16. The Morgan fingerprint density at radius 3 is 2.43 bits per heavy atom. The zero-order valence-corrected chi connectivity index (χ0v) is 17.4. The molecule has 0 aliphatic heterocycles. The van der Waals surface area contributed by atoms with E-state index in [1.807, 2.05) is 0 Å². The van der Waals surface area contributed by atoms with Crippen LogP contribution < -0.4 is 14.8 Å². The van der Waals surface area contributed by atoms with Crippen LogP contribution in [0.4, 0.5) is 5.69 Å². The third kappa shape index (κ3) is 4.82. The van der Waals surface area contributed by atoms with Crippen LogP contribution in [0.25, 0.3) is 0 Å². The molecule has 0 saturated carbocycles. The van der Waals surface area contributed by atoms with Gasteiger partial charge in [0, 0.05) is 16.1 Å². The first-order valence-electron chi connectivity index (χ1n) is 8.60. The van der Waals surface area contributed by atoms with Crippen molar-refractivity contribution in [3.63, 3.8) is 0 Å². The number of methoxy groups -OCH3 is 1. The lowest BCUT2D eigenvalue weighted by Crippen LogP contribution is -2.14. The number of pyridine rings is 1. The van der Waals surface area contributed by atoms with Gasteiger partial charge in [-0.1, -0.05) is 23.2 Å². The maximum atomic E-state index is 12.9. The molecule has 7 nitrogen and oxygen atoms in total. The first-order valence-corrected chi connectivity index (χ1v) is 9.36. The number of hydrogen-bond acceptors (Lipinski definition) is 5. The maximum absolute atomic E-state index is 12.9. The second-order valence-electron chi connectivity index (χ2n) is 6.19. The van der Waals surface area contributed by atoms with Crippen LogP contribution in [0.2, 0.25) is 10.0 Å². The lowest BCUT2D eigenvalue weighted by atomic mass is 10.1. The Morgan fingerprint density at radius 1 is 1.03 bits per heavy atom. The quantitative estimate of drug-likeness (QED) is 0.522. The summed E-state index contributed by atoms with van der Waals surface area (Å²) in [6.07, 6.45) is 1.25. The molecular weight excluding hydrogens is 431 g/mol. The number of carboxylic acid groups (broad SMARTS) is 1. The Morgan fingerprint density at radius 2 is 1.80 bits per heavy atom. The van der Waals surface area contributed by atoms with Gasteiger partial charge in [-0.3, -0.25) is 4.79 Å². The van der Waals surface area contributed by atoms with Crippen LogP contribution in [0.1, 0.15) is 26.4 Å². The molecular formula is C21H16Cl2N2O5. The van der Waals surface area contributed by atoms with Crippen LogP contribution in [0.15, 0.2) is 48.7 Å². The SMILES string of the molecule is COc1cc(Cl)ccc1Oc1cc(C)c(Cl)cc1C(=O)Nc1ccc(C(=O)O)nc1. The molecule has 9 heteroatoms. The molecule has 0 fully saturated rings. The van der Waals surface area contributed by atoms with Gasteiger partial charge in [0.05, 0.1) is 24.6 Å². The predicted molar refractivity (Wildman–Crippen MR) is 113 cm³/mol. The summed E-state index contributed by atoms with van der Waals surface area (Å²) in [6, 6.07) is 10.7. The van der Waals surface area contributed by atoms with Gasteiger partial charge in [-0.05, 0) is 48.9 Å². The molecule has 1 amide bonds. The number of nitrogens with zero attached hydrogens (tertiary/aromatic N) is 1. The highest BCUT2D eigenvalue weighted by atomic mass is 35.5. The van der Waals surface area contributed by atoms with Crippen LogP contribution in [-0.2, 0) is 0 Å². The maximum Gasteiger partial charge on any atom is 0.354 e. The highest BCUT2D eigenvalue weighted by molar-refractivity contribution is 6.32. The summed E-state index contributed by atoms with van der Waals surface area (Å²) in [5.74, 6) is -0.652. The molecule has 0 atom stereocenters. The molecule has 0 bridgehead atoms. The van der Waals surface area contributed by atoms with Gasteiger partial charge in [-0.25, -0.2) is 9.78 Å². The van der Waals surface area contributed by atoms with E-state index in [2.05, 4.69) is 10.3 Å². The number of anilines is 1. The summed E-state index contributed by atoms with van der Waals surface area (Å²) in [4.78, 5) is 27.6. The molecule has 0 saturated heterocycles. The van der Waals surface area contributed by atoms with Crippen molar-refractivity contribution in [2.45, 2.75) is 6.92 Å². The van der Waals surface area contributed by atoms with Gasteiger partial charge in [0.25, 0.3) is 5.91 Å². The highest BCUT2D eigenvalue weighted by Gasteiger charge is 2.18. The molecule has 154 valence electrons. The van der Waals surface area contributed by atoms with Crippen LogP contribution in [0.5, 0.6) is 17.2 Å². The number of ether oxygens (including phenoxy) is 2. The van der Waals surface area contributed by atoms with Crippen LogP contribution >= 0.6 is 23.2 Å². The van der Waals surface area contributed by atoms with Gasteiger partial charge in [0.1, 0.15) is 11.4 Å². The van der Waals surface area contributed by atoms with Crippen molar-refractivity contribution < 1.29 is 24.2 Å². The molecule has 1 aromatic heterocycles. The molecule has 1 heterocycles. The van der Waals surface area contributed by atoms with Crippen LogP contribution in [0, 0.1) is 6.92 Å². The number of aryl methyl sites for hydroxylation is 1. The second-order valence-corrected chi connectivity index (χ2v) is 7.03. The fraction of sp³-hybridized carbons (Fsp3) is 0.0952. The number of aromatic nitrogens is 1. The lowest BCUT2D eigenvalue weighted by molar-refractivity contribution is 0.0690. The van der Waals surface area contributed by atoms with E-state index in [0.717, 1.165) is 0 Å². The zero-order chi connectivity index (χ0) is 21.8. The number of rotatable bonds is 6. The Labute approximate surface area is 182 Å². The van der Waals surface area contributed by atoms with E-state index >= 15 is 0 Å². The molecule has 2 aromatic carbocycles. The van der Waals surface area contributed by atoms with Crippen LogP contribution in [-0.4, -0.2) is 29.1 Å². The molecule has 0 aliphatic rings. The number of carboxylic acids is 1. The molecule has 2 N–H and O–H groups in total. The summed E-state index contributed by atoms with van der Waals surface area (Å²) >= 11 is 12.2. The molecule has 0 aliphatic carbocycles. The number of carbonyl (C=O) groups excluding carboxylic acids is 1. The first-order chi connectivity index (χ1) is 14.3. The second kappa shape index (κ2) is 9.02. The number of benzene rings is 2. The largest absolute Gasteiger partial charge is 0.493 e. The Balaban J connectivity index is 1.93. The average molecular weight is 447 g/mol. The molecule has 30 heavy (non-hydrogen) atoms. The minimum absolute atomic E-state index is 0.134. The molecule has 0 unspecified atom stereocenters. The van der Waals surface area contributed by atoms with E-state index in [9.17, 15) is 9.59 Å². The number of aromatic carboxylic acids is 1. The molecule has 3 rings (SSSR count). The minimum Gasteiger partial charge on any atom is -0.493 e. The van der Waals surface area contributed by atoms with E-state index in [0.29, 0.717) is 32.8 Å². The van der Waals surface area contributed by atoms with Crippen molar-refractivity contribution in [2.75, 3.05) is 12.4 Å². The van der Waals surface area contributed by atoms with Gasteiger partial charge in [0.2, 0.25) is 0 Å². The van der Waals surface area contributed by atoms with E-state index in [-0.39, 0.29) is 17.0 Å². The number of halogens is 2. The van der Waals surface area contributed by atoms with Crippen LogP contribution in [0.3, 0.4) is 0 Å². The molecule has 0 radical (unpaired) electrons. The Hall–Kier alpha value is -3.29. The number of carbonyl (C=O) groups is 2. The predicted octanol–water partition coefficient (Wildman–Crippen LogP) is 5.45. The summed E-state index contributed by atoms with van der Waals surface area (Å²) in [5, 5.41) is 12.4. The Kier molecular flexibility index (Phi) is 6.44.